The van der Waals surface area contributed by atoms with E-state index in [2.05, 4.69) is 39.6 Å². The van der Waals surface area contributed by atoms with Crippen LogP contribution in [0.5, 0.6) is 0 Å². The fourth-order valence-electron chi connectivity index (χ4n) is 3.38. The molecule has 4 rings (SSSR count). The van der Waals surface area contributed by atoms with Crippen LogP contribution in [0.15, 0.2) is 24.3 Å². The monoisotopic (exact) mass is 395 g/mol. The number of anilines is 2. The van der Waals surface area contributed by atoms with Gasteiger partial charge < -0.3 is 20.3 Å². The molecule has 1 aliphatic heterocycles. The summed E-state index contributed by atoms with van der Waals surface area (Å²) in [5.74, 6) is 0.900. The highest BCUT2D eigenvalue weighted by atomic mass is 16.5. The van der Waals surface area contributed by atoms with Crippen LogP contribution in [-0.2, 0) is 4.74 Å². The Balaban J connectivity index is 1.79. The molecule has 1 aromatic carbocycles. The largest absolute Gasteiger partial charge is 0.378 e. The first kappa shape index (κ1) is 19.1. The quantitative estimate of drug-likeness (QED) is 0.627. The van der Waals surface area contributed by atoms with Gasteiger partial charge in [0, 0.05) is 31.4 Å². The molecule has 9 heteroatoms. The fraction of sp³-hybridized carbons (Fsp3) is 0.400. The van der Waals surface area contributed by atoms with E-state index in [4.69, 9.17) is 14.7 Å². The average molecular weight is 395 g/mol. The van der Waals surface area contributed by atoms with E-state index in [1.54, 1.807) is 7.05 Å². The number of amides is 2. The van der Waals surface area contributed by atoms with Gasteiger partial charge >= 0.3 is 6.03 Å². The Labute approximate surface area is 168 Å². The number of aromatic amines is 1. The molecule has 29 heavy (non-hydrogen) atoms. The van der Waals surface area contributed by atoms with Crippen molar-refractivity contribution < 1.29 is 9.53 Å². The fourth-order valence-corrected chi connectivity index (χ4v) is 3.38. The number of rotatable bonds is 4. The molecule has 0 aliphatic carbocycles. The van der Waals surface area contributed by atoms with Gasteiger partial charge in [-0.3, -0.25) is 5.10 Å². The third kappa shape index (κ3) is 3.86. The molecule has 0 spiro atoms. The molecule has 0 bridgehead atoms. The predicted octanol–water partition coefficient (Wildman–Crippen LogP) is 2.73. The number of morpholine rings is 1. The molecule has 3 aromatic rings. The van der Waals surface area contributed by atoms with Crippen LogP contribution < -0.4 is 15.5 Å². The molecule has 3 heterocycles. The zero-order chi connectivity index (χ0) is 20.4. The molecular weight excluding hydrogens is 370 g/mol. The minimum Gasteiger partial charge on any atom is -0.378 e. The number of nitrogens with zero attached hydrogens (tertiary/aromatic N) is 4. The van der Waals surface area contributed by atoms with Gasteiger partial charge in [0.2, 0.25) is 5.95 Å². The first-order valence-corrected chi connectivity index (χ1v) is 9.74. The SMILES string of the molecule is CNC(=O)Nc1ccc(-c2nc(N3CCOCC3)nc3[nH]nc(C(C)C)c23)cc1. The number of carbonyl (C=O) groups is 1. The lowest BCUT2D eigenvalue weighted by Crippen LogP contribution is -2.37. The molecule has 0 radical (unpaired) electrons. The van der Waals surface area contributed by atoms with Gasteiger partial charge in [-0.1, -0.05) is 26.0 Å². The van der Waals surface area contributed by atoms with Gasteiger partial charge in [-0.15, -0.1) is 0 Å². The van der Waals surface area contributed by atoms with Crippen LogP contribution in [0.4, 0.5) is 16.4 Å². The van der Waals surface area contributed by atoms with Crippen molar-refractivity contribution in [1.82, 2.24) is 25.5 Å². The van der Waals surface area contributed by atoms with Crippen molar-refractivity contribution in [2.75, 3.05) is 43.6 Å². The Morgan fingerprint density at radius 1 is 1.17 bits per heavy atom. The molecule has 0 saturated carbocycles. The number of ether oxygens (including phenoxy) is 1. The van der Waals surface area contributed by atoms with E-state index >= 15 is 0 Å². The number of fused-ring (bicyclic) bond motifs is 1. The van der Waals surface area contributed by atoms with Gasteiger partial charge in [0.25, 0.3) is 0 Å². The lowest BCUT2D eigenvalue weighted by atomic mass is 10.0. The third-order valence-electron chi connectivity index (χ3n) is 4.92. The normalized spacial score (nSPS) is 14.4. The summed E-state index contributed by atoms with van der Waals surface area (Å²) in [6.07, 6.45) is 0. The maximum absolute atomic E-state index is 11.5. The maximum Gasteiger partial charge on any atom is 0.318 e. The minimum absolute atomic E-state index is 0.231. The molecular formula is C20H25N7O2. The second-order valence-corrected chi connectivity index (χ2v) is 7.24. The van der Waals surface area contributed by atoms with Crippen molar-refractivity contribution in [1.29, 1.82) is 0 Å². The molecule has 3 N–H and O–H groups in total. The van der Waals surface area contributed by atoms with Crippen LogP contribution in [-0.4, -0.2) is 59.5 Å². The van der Waals surface area contributed by atoms with Crippen molar-refractivity contribution in [3.8, 4) is 11.3 Å². The van der Waals surface area contributed by atoms with Crippen molar-refractivity contribution in [3.63, 3.8) is 0 Å². The van der Waals surface area contributed by atoms with Crippen molar-refractivity contribution >= 4 is 28.7 Å². The van der Waals surface area contributed by atoms with E-state index < -0.39 is 0 Å². The smallest absolute Gasteiger partial charge is 0.318 e. The molecule has 0 unspecified atom stereocenters. The summed E-state index contributed by atoms with van der Waals surface area (Å²) >= 11 is 0. The van der Waals surface area contributed by atoms with E-state index in [1.807, 2.05) is 24.3 Å². The summed E-state index contributed by atoms with van der Waals surface area (Å²) in [5.41, 5.74) is 4.16. The van der Waals surface area contributed by atoms with Crippen molar-refractivity contribution in [3.05, 3.63) is 30.0 Å². The van der Waals surface area contributed by atoms with E-state index in [9.17, 15) is 4.79 Å². The highest BCUT2D eigenvalue weighted by Crippen LogP contribution is 2.33. The average Bonchev–Trinajstić information content (AvgIpc) is 3.18. The second-order valence-electron chi connectivity index (χ2n) is 7.24. The van der Waals surface area contributed by atoms with Crippen LogP contribution in [0.2, 0.25) is 0 Å². The Hall–Kier alpha value is -3.20. The number of aromatic nitrogens is 4. The van der Waals surface area contributed by atoms with Gasteiger partial charge in [0.15, 0.2) is 5.65 Å². The van der Waals surface area contributed by atoms with Gasteiger partial charge in [0.05, 0.1) is 30.0 Å². The summed E-state index contributed by atoms with van der Waals surface area (Å²) in [6.45, 7) is 7.04. The van der Waals surface area contributed by atoms with E-state index in [0.717, 1.165) is 41.1 Å². The van der Waals surface area contributed by atoms with Crippen molar-refractivity contribution in [2.45, 2.75) is 19.8 Å². The number of benzene rings is 1. The Bertz CT molecular complexity index is 1010. The number of carbonyl (C=O) groups excluding carboxylic acids is 1. The van der Waals surface area contributed by atoms with E-state index in [1.165, 1.54) is 0 Å². The maximum atomic E-state index is 11.5. The molecule has 9 nitrogen and oxygen atoms in total. The van der Waals surface area contributed by atoms with Crippen LogP contribution in [0.3, 0.4) is 0 Å². The summed E-state index contributed by atoms with van der Waals surface area (Å²) < 4.78 is 5.46. The third-order valence-corrected chi connectivity index (χ3v) is 4.92. The molecule has 1 fully saturated rings. The number of hydrogen-bond donors (Lipinski definition) is 3. The van der Waals surface area contributed by atoms with Crippen LogP contribution in [0.25, 0.3) is 22.3 Å². The van der Waals surface area contributed by atoms with Crippen LogP contribution in [0.1, 0.15) is 25.5 Å². The summed E-state index contributed by atoms with van der Waals surface area (Å²) in [7, 11) is 1.58. The number of nitrogens with one attached hydrogen (secondary N) is 3. The minimum atomic E-state index is -0.256. The molecule has 1 aliphatic rings. The summed E-state index contributed by atoms with van der Waals surface area (Å²) in [5, 5.41) is 13.8. The Morgan fingerprint density at radius 2 is 1.90 bits per heavy atom. The summed E-state index contributed by atoms with van der Waals surface area (Å²) in [4.78, 5) is 23.3. The highest BCUT2D eigenvalue weighted by molar-refractivity contribution is 5.94. The first-order valence-electron chi connectivity index (χ1n) is 9.74. The van der Waals surface area contributed by atoms with Crippen LogP contribution in [0, 0.1) is 0 Å². The topological polar surface area (TPSA) is 108 Å². The molecule has 1 saturated heterocycles. The van der Waals surface area contributed by atoms with Gasteiger partial charge in [-0.05, 0) is 18.1 Å². The molecule has 2 aromatic heterocycles. The Morgan fingerprint density at radius 3 is 2.55 bits per heavy atom. The lowest BCUT2D eigenvalue weighted by molar-refractivity contribution is 0.122. The summed E-state index contributed by atoms with van der Waals surface area (Å²) in [6, 6.07) is 7.37. The van der Waals surface area contributed by atoms with Gasteiger partial charge in [-0.2, -0.15) is 10.1 Å². The lowest BCUT2D eigenvalue weighted by Gasteiger charge is -2.27. The molecule has 2 amide bonds. The Kier molecular flexibility index (Phi) is 5.30. The standard InChI is InChI=1S/C20H25N7O2/c1-12(2)16-15-17(13-4-6-14(7-5-13)22-20(28)21-3)23-19(24-18(15)26-25-16)27-8-10-29-11-9-27/h4-7,12H,8-11H2,1-3H3,(H2,21,22,28)(H,23,24,25,26). The zero-order valence-electron chi connectivity index (χ0n) is 16.8. The van der Waals surface area contributed by atoms with E-state index in [0.29, 0.717) is 24.8 Å². The number of hydrogen-bond acceptors (Lipinski definition) is 6. The number of urea groups is 1. The molecule has 152 valence electrons. The second kappa shape index (κ2) is 8.04. The molecule has 0 atom stereocenters. The highest BCUT2D eigenvalue weighted by Gasteiger charge is 2.22. The number of H-pyrrole nitrogens is 1. The van der Waals surface area contributed by atoms with Gasteiger partial charge in [-0.25, -0.2) is 9.78 Å². The van der Waals surface area contributed by atoms with Crippen molar-refractivity contribution in [2.24, 2.45) is 0 Å². The first-order chi connectivity index (χ1) is 14.1. The van der Waals surface area contributed by atoms with E-state index in [-0.39, 0.29) is 11.9 Å². The van der Waals surface area contributed by atoms with Crippen LogP contribution >= 0.6 is 0 Å². The predicted molar refractivity (Wildman–Crippen MR) is 112 cm³/mol. The van der Waals surface area contributed by atoms with Gasteiger partial charge in [0.1, 0.15) is 0 Å². The zero-order valence-corrected chi connectivity index (χ0v) is 16.8.